The van der Waals surface area contributed by atoms with Gasteiger partial charge in [-0.05, 0) is 81.9 Å². The minimum absolute atomic E-state index is 0.520. The van der Waals surface area contributed by atoms with Crippen LogP contribution in [-0.2, 0) is 26.3 Å². The summed E-state index contributed by atoms with van der Waals surface area (Å²) in [5.74, 6) is 1.68. The third-order valence-corrected chi connectivity index (χ3v) is 9.12. The molecule has 4 nitrogen and oxygen atoms in total. The lowest BCUT2D eigenvalue weighted by Crippen LogP contribution is -2.32. The third-order valence-electron chi connectivity index (χ3n) is 9.12. The van der Waals surface area contributed by atoms with Crippen molar-refractivity contribution in [2.75, 3.05) is 22.9 Å². The van der Waals surface area contributed by atoms with E-state index in [-0.39, 0.29) is 0 Å². The van der Waals surface area contributed by atoms with Crippen LogP contribution in [0, 0.1) is 0 Å². The van der Waals surface area contributed by atoms with E-state index in [4.69, 9.17) is 9.47 Å². The molecule has 0 unspecified atom stereocenters. The van der Waals surface area contributed by atoms with Crippen LogP contribution in [0.4, 0.5) is 11.4 Å². The van der Waals surface area contributed by atoms with Gasteiger partial charge in [0, 0.05) is 37.0 Å². The van der Waals surface area contributed by atoms with Crippen LogP contribution in [0.2, 0.25) is 0 Å². The van der Waals surface area contributed by atoms with E-state index in [9.17, 15) is 0 Å². The maximum atomic E-state index is 6.67. The number of hydrogen-bond acceptors (Lipinski definition) is 4. The lowest BCUT2D eigenvalue weighted by molar-refractivity contribution is 0.242. The minimum Gasteiger partial charge on any atom is -0.484 e. The number of benzene rings is 6. The zero-order valence-electron chi connectivity index (χ0n) is 24.2. The largest absolute Gasteiger partial charge is 0.484 e. The van der Waals surface area contributed by atoms with Gasteiger partial charge in [-0.1, -0.05) is 72.8 Å². The molecule has 6 aromatic carbocycles. The molecule has 0 spiro atoms. The second-order valence-electron chi connectivity index (χ2n) is 11.4. The quantitative estimate of drug-likeness (QED) is 0.201. The number of anilines is 2. The van der Waals surface area contributed by atoms with Crippen LogP contribution in [0.1, 0.15) is 36.1 Å². The molecule has 42 heavy (non-hydrogen) atoms. The molecule has 2 aliphatic rings. The van der Waals surface area contributed by atoms with E-state index in [0.29, 0.717) is 13.2 Å². The Labute approximate surface area is 246 Å². The SMILES string of the molecule is CCN1Cc2cc3c(cc2CN(CC)c2cc4ccccc4cc21)COc1c(c2ccccc2c2ccccc12)OC3. The van der Waals surface area contributed by atoms with Crippen LogP contribution < -0.4 is 19.3 Å². The van der Waals surface area contributed by atoms with Crippen LogP contribution in [0.5, 0.6) is 11.5 Å². The smallest absolute Gasteiger partial charge is 0.170 e. The van der Waals surface area contributed by atoms with E-state index < -0.39 is 0 Å². The highest BCUT2D eigenvalue weighted by atomic mass is 16.5. The summed E-state index contributed by atoms with van der Waals surface area (Å²) < 4.78 is 13.3. The Kier molecular flexibility index (Phi) is 5.96. The number of fused-ring (bicyclic) bond motifs is 10. The molecular formula is C38H34N2O2. The molecule has 0 amide bonds. The first-order valence-electron chi connectivity index (χ1n) is 15.1. The summed E-state index contributed by atoms with van der Waals surface area (Å²) >= 11 is 0. The third kappa shape index (κ3) is 3.97. The van der Waals surface area contributed by atoms with Gasteiger partial charge in [0.15, 0.2) is 11.5 Å². The molecule has 0 aromatic heterocycles. The molecular weight excluding hydrogens is 516 g/mol. The first kappa shape index (κ1) is 25.0. The summed E-state index contributed by atoms with van der Waals surface area (Å²) in [6, 6.07) is 35.2. The normalized spacial score (nSPS) is 14.5. The fourth-order valence-electron chi connectivity index (χ4n) is 6.89. The highest BCUT2D eigenvalue weighted by Crippen LogP contribution is 2.46. The fraction of sp³-hybridized carbons (Fsp3) is 0.211. The minimum atomic E-state index is 0.520. The van der Waals surface area contributed by atoms with Gasteiger partial charge in [0.25, 0.3) is 0 Å². The van der Waals surface area contributed by atoms with E-state index in [1.807, 2.05) is 0 Å². The van der Waals surface area contributed by atoms with Gasteiger partial charge in [0.2, 0.25) is 0 Å². The number of nitrogens with zero attached hydrogens (tertiary/aromatic N) is 2. The molecule has 8 rings (SSSR count). The Morgan fingerprint density at radius 2 is 0.905 bits per heavy atom. The van der Waals surface area contributed by atoms with E-state index in [2.05, 4.69) is 121 Å². The molecule has 2 heterocycles. The zero-order valence-corrected chi connectivity index (χ0v) is 24.2. The van der Waals surface area contributed by atoms with Crippen LogP contribution in [0.15, 0.2) is 97.1 Å². The van der Waals surface area contributed by atoms with Crippen molar-refractivity contribution in [1.82, 2.24) is 0 Å². The molecule has 0 saturated heterocycles. The summed E-state index contributed by atoms with van der Waals surface area (Å²) in [6.07, 6.45) is 0. The lowest BCUT2D eigenvalue weighted by atomic mass is 9.95. The number of hydrogen-bond donors (Lipinski definition) is 0. The summed E-state index contributed by atoms with van der Waals surface area (Å²) in [5.41, 5.74) is 7.75. The predicted molar refractivity (Wildman–Crippen MR) is 174 cm³/mol. The van der Waals surface area contributed by atoms with Crippen LogP contribution >= 0.6 is 0 Å². The van der Waals surface area contributed by atoms with E-state index in [1.165, 1.54) is 55.2 Å². The molecule has 0 radical (unpaired) electrons. The average Bonchev–Trinajstić information content (AvgIpc) is 3.02. The Bertz CT molecular complexity index is 1850. The monoisotopic (exact) mass is 550 g/mol. The molecule has 0 fully saturated rings. The van der Waals surface area contributed by atoms with Crippen molar-refractivity contribution in [3.63, 3.8) is 0 Å². The van der Waals surface area contributed by atoms with Gasteiger partial charge in [-0.2, -0.15) is 0 Å². The van der Waals surface area contributed by atoms with Crippen LogP contribution in [0.25, 0.3) is 32.3 Å². The van der Waals surface area contributed by atoms with Crippen LogP contribution in [-0.4, -0.2) is 13.1 Å². The number of rotatable bonds is 2. The van der Waals surface area contributed by atoms with Crippen LogP contribution in [0.3, 0.4) is 0 Å². The molecule has 208 valence electrons. The molecule has 0 saturated carbocycles. The van der Waals surface area contributed by atoms with E-state index in [0.717, 1.165) is 48.5 Å². The maximum Gasteiger partial charge on any atom is 0.170 e. The van der Waals surface area contributed by atoms with Gasteiger partial charge < -0.3 is 19.3 Å². The molecule has 6 aromatic rings. The first-order chi connectivity index (χ1) is 20.7. The summed E-state index contributed by atoms with van der Waals surface area (Å²) in [4.78, 5) is 5.04. The molecule has 2 aliphatic heterocycles. The summed E-state index contributed by atoms with van der Waals surface area (Å²) in [5, 5.41) is 7.15. The van der Waals surface area contributed by atoms with Gasteiger partial charge >= 0.3 is 0 Å². The topological polar surface area (TPSA) is 24.9 Å². The van der Waals surface area contributed by atoms with E-state index >= 15 is 0 Å². The van der Waals surface area contributed by atoms with Crippen molar-refractivity contribution in [3.8, 4) is 11.5 Å². The Balaban J connectivity index is 1.23. The second-order valence-corrected chi connectivity index (χ2v) is 11.4. The summed E-state index contributed by atoms with van der Waals surface area (Å²) in [6.45, 7) is 9.16. The highest BCUT2D eigenvalue weighted by Gasteiger charge is 2.25. The average molecular weight is 551 g/mol. The standard InChI is InChI=1S/C38H34N2O2/c1-3-39-21-27-17-29-23-41-37-33-15-9-7-13-31(33)32-14-8-10-16-34(32)38(37)42-24-30(29)18-28(27)22-40(4-2)36-20-26-12-6-5-11-25(26)19-35(36)39/h5-20H,3-4,21-24H2,1-2H3. The van der Waals surface area contributed by atoms with Gasteiger partial charge in [-0.15, -0.1) is 0 Å². The van der Waals surface area contributed by atoms with Crippen molar-refractivity contribution in [3.05, 3.63) is 119 Å². The lowest BCUT2D eigenvalue weighted by Gasteiger charge is -2.36. The summed E-state index contributed by atoms with van der Waals surface area (Å²) in [7, 11) is 0. The highest BCUT2D eigenvalue weighted by molar-refractivity contribution is 6.13. The molecule has 0 aliphatic carbocycles. The Hall–Kier alpha value is -4.70. The molecule has 0 N–H and O–H groups in total. The number of ether oxygens (including phenoxy) is 2. The first-order valence-corrected chi connectivity index (χ1v) is 15.1. The van der Waals surface area contributed by atoms with Gasteiger partial charge in [-0.3, -0.25) is 0 Å². The van der Waals surface area contributed by atoms with Crippen molar-refractivity contribution in [2.45, 2.75) is 40.2 Å². The fourth-order valence-corrected chi connectivity index (χ4v) is 6.89. The molecule has 4 heteroatoms. The maximum absolute atomic E-state index is 6.67. The second kappa shape index (κ2) is 9.99. The van der Waals surface area contributed by atoms with Crippen molar-refractivity contribution in [1.29, 1.82) is 0 Å². The Morgan fingerprint density at radius 1 is 0.500 bits per heavy atom. The van der Waals surface area contributed by atoms with Gasteiger partial charge in [0.05, 0.1) is 11.4 Å². The van der Waals surface area contributed by atoms with Gasteiger partial charge in [-0.25, -0.2) is 0 Å². The van der Waals surface area contributed by atoms with Crippen molar-refractivity contribution in [2.24, 2.45) is 0 Å². The van der Waals surface area contributed by atoms with Crippen molar-refractivity contribution >= 4 is 43.7 Å². The Morgan fingerprint density at radius 3 is 1.33 bits per heavy atom. The zero-order chi connectivity index (χ0) is 28.2. The molecule has 0 atom stereocenters. The predicted octanol–water partition coefficient (Wildman–Crippen LogP) is 8.98. The van der Waals surface area contributed by atoms with Gasteiger partial charge in [0.1, 0.15) is 13.2 Å². The molecule has 0 bridgehead atoms. The van der Waals surface area contributed by atoms with E-state index in [1.54, 1.807) is 0 Å². The van der Waals surface area contributed by atoms with Crippen molar-refractivity contribution < 1.29 is 9.47 Å².